The van der Waals surface area contributed by atoms with Crippen molar-refractivity contribution in [1.82, 2.24) is 15.0 Å². The van der Waals surface area contributed by atoms with Gasteiger partial charge in [-0.2, -0.15) is 0 Å². The van der Waals surface area contributed by atoms with Crippen LogP contribution in [-0.2, 0) is 0 Å². The fourth-order valence-electron chi connectivity index (χ4n) is 4.75. The Kier molecular flexibility index (Phi) is 7.84. The number of nitrogens with zero attached hydrogens (tertiary/aromatic N) is 3. The van der Waals surface area contributed by atoms with Crippen LogP contribution < -0.4 is 0 Å². The molecule has 0 saturated heterocycles. The van der Waals surface area contributed by atoms with E-state index in [0.717, 1.165) is 18.5 Å². The number of hydrogen-bond acceptors (Lipinski definition) is 3. The van der Waals surface area contributed by atoms with E-state index in [1.165, 1.54) is 27.8 Å². The van der Waals surface area contributed by atoms with E-state index < -0.39 is 0 Å². The average molecular weight is 450 g/mol. The van der Waals surface area contributed by atoms with E-state index in [0.29, 0.717) is 23.7 Å². The Morgan fingerprint density at radius 3 is 1.94 bits per heavy atom. The van der Waals surface area contributed by atoms with E-state index >= 15 is 0 Å². The maximum atomic E-state index is 4.68. The standard InChI is InChI=1S/C31H35N3/c1-22(2)25-7-9-27(10-8-25)31-20-28(13-17-34-31)23(3)18-30(26-11-15-32-16-12-26)19-24(4)29-6-5-14-33-21-29/h5-17,20-24,30H,18-19H2,1-4H3. The van der Waals surface area contributed by atoms with Crippen LogP contribution in [0.15, 0.2) is 91.6 Å². The molecule has 0 aliphatic carbocycles. The van der Waals surface area contributed by atoms with E-state index in [-0.39, 0.29) is 0 Å². The van der Waals surface area contributed by atoms with Gasteiger partial charge in [0.1, 0.15) is 0 Å². The first kappa shape index (κ1) is 23.8. The fourth-order valence-corrected chi connectivity index (χ4v) is 4.75. The lowest BCUT2D eigenvalue weighted by Crippen LogP contribution is -2.09. The van der Waals surface area contributed by atoms with Gasteiger partial charge in [0.05, 0.1) is 5.69 Å². The molecule has 3 nitrogen and oxygen atoms in total. The SMILES string of the molecule is CC(C)c1ccc(-c2cc(C(C)CC(CC(C)c3cccnc3)c3ccncc3)ccn2)cc1. The van der Waals surface area contributed by atoms with Crippen molar-refractivity contribution < 1.29 is 0 Å². The van der Waals surface area contributed by atoms with Crippen molar-refractivity contribution >= 4 is 0 Å². The molecule has 0 spiro atoms. The number of benzene rings is 1. The van der Waals surface area contributed by atoms with Crippen molar-refractivity contribution in [2.75, 3.05) is 0 Å². The van der Waals surface area contributed by atoms with E-state index in [1.54, 1.807) is 0 Å². The predicted molar refractivity (Wildman–Crippen MR) is 141 cm³/mol. The van der Waals surface area contributed by atoms with Crippen molar-refractivity contribution in [1.29, 1.82) is 0 Å². The highest BCUT2D eigenvalue weighted by Gasteiger charge is 2.21. The molecule has 0 radical (unpaired) electrons. The third kappa shape index (κ3) is 5.96. The Balaban J connectivity index is 1.54. The largest absolute Gasteiger partial charge is 0.265 e. The van der Waals surface area contributed by atoms with E-state index in [9.17, 15) is 0 Å². The highest BCUT2D eigenvalue weighted by molar-refractivity contribution is 5.60. The first-order chi connectivity index (χ1) is 16.5. The van der Waals surface area contributed by atoms with E-state index in [4.69, 9.17) is 0 Å². The van der Waals surface area contributed by atoms with Gasteiger partial charge in [-0.25, -0.2) is 0 Å². The topological polar surface area (TPSA) is 38.7 Å². The lowest BCUT2D eigenvalue weighted by atomic mass is 9.80. The van der Waals surface area contributed by atoms with Gasteiger partial charge in [0, 0.05) is 36.5 Å². The van der Waals surface area contributed by atoms with Crippen LogP contribution in [0.1, 0.15) is 86.5 Å². The molecular formula is C31H35N3. The molecule has 0 aliphatic heterocycles. The summed E-state index contributed by atoms with van der Waals surface area (Å²) in [6, 6.07) is 21.8. The third-order valence-electron chi connectivity index (χ3n) is 6.93. The Morgan fingerprint density at radius 2 is 1.29 bits per heavy atom. The Labute approximate surface area is 204 Å². The molecule has 4 aromatic rings. The van der Waals surface area contributed by atoms with Gasteiger partial charge in [0.2, 0.25) is 0 Å². The third-order valence-corrected chi connectivity index (χ3v) is 6.93. The maximum Gasteiger partial charge on any atom is 0.0704 e. The van der Waals surface area contributed by atoms with Crippen molar-refractivity contribution in [3.8, 4) is 11.3 Å². The van der Waals surface area contributed by atoms with Crippen LogP contribution in [0.4, 0.5) is 0 Å². The Morgan fingerprint density at radius 1 is 0.618 bits per heavy atom. The monoisotopic (exact) mass is 449 g/mol. The van der Waals surface area contributed by atoms with Gasteiger partial charge in [-0.15, -0.1) is 0 Å². The fraction of sp³-hybridized carbons (Fsp3) is 0.323. The lowest BCUT2D eigenvalue weighted by molar-refractivity contribution is 0.488. The van der Waals surface area contributed by atoms with Gasteiger partial charge < -0.3 is 0 Å². The lowest BCUT2D eigenvalue weighted by Gasteiger charge is -2.25. The molecule has 34 heavy (non-hydrogen) atoms. The molecule has 1 aromatic carbocycles. The van der Waals surface area contributed by atoms with Crippen molar-refractivity contribution in [3.63, 3.8) is 0 Å². The van der Waals surface area contributed by atoms with Crippen LogP contribution in [0.5, 0.6) is 0 Å². The molecule has 0 bridgehead atoms. The van der Waals surface area contributed by atoms with Gasteiger partial charge >= 0.3 is 0 Å². The summed E-state index contributed by atoms with van der Waals surface area (Å²) in [6.07, 6.45) is 11.8. The molecule has 3 aromatic heterocycles. The molecule has 0 N–H and O–H groups in total. The number of aromatic nitrogens is 3. The summed E-state index contributed by atoms with van der Waals surface area (Å²) in [5, 5.41) is 0. The maximum absolute atomic E-state index is 4.68. The molecule has 174 valence electrons. The zero-order chi connectivity index (χ0) is 23.9. The van der Waals surface area contributed by atoms with Crippen LogP contribution >= 0.6 is 0 Å². The van der Waals surface area contributed by atoms with Gasteiger partial charge in [-0.3, -0.25) is 15.0 Å². The van der Waals surface area contributed by atoms with Gasteiger partial charge in [0.15, 0.2) is 0 Å². The molecular weight excluding hydrogens is 414 g/mol. The van der Waals surface area contributed by atoms with Crippen LogP contribution in [0.3, 0.4) is 0 Å². The predicted octanol–water partition coefficient (Wildman–Crippen LogP) is 8.13. The summed E-state index contributed by atoms with van der Waals surface area (Å²) >= 11 is 0. The summed E-state index contributed by atoms with van der Waals surface area (Å²) in [4.78, 5) is 13.3. The van der Waals surface area contributed by atoms with Crippen LogP contribution in [0.2, 0.25) is 0 Å². The van der Waals surface area contributed by atoms with Gasteiger partial charge in [-0.1, -0.05) is 58.0 Å². The summed E-state index contributed by atoms with van der Waals surface area (Å²) in [5.74, 6) is 1.82. The summed E-state index contributed by atoms with van der Waals surface area (Å²) < 4.78 is 0. The molecule has 3 heterocycles. The zero-order valence-corrected chi connectivity index (χ0v) is 20.7. The van der Waals surface area contributed by atoms with Crippen LogP contribution in [-0.4, -0.2) is 15.0 Å². The molecule has 3 heteroatoms. The Bertz CT molecular complexity index is 1150. The molecule has 0 aliphatic rings. The van der Waals surface area contributed by atoms with Gasteiger partial charge in [0.25, 0.3) is 0 Å². The second-order valence-electron chi connectivity index (χ2n) is 9.79. The van der Waals surface area contributed by atoms with E-state index in [2.05, 4.69) is 97.2 Å². The van der Waals surface area contributed by atoms with E-state index in [1.807, 2.05) is 37.1 Å². The smallest absolute Gasteiger partial charge is 0.0704 e. The van der Waals surface area contributed by atoms with Gasteiger partial charge in [-0.05, 0) is 89.1 Å². The highest BCUT2D eigenvalue weighted by atomic mass is 14.7. The first-order valence-corrected chi connectivity index (χ1v) is 12.4. The molecule has 3 atom stereocenters. The minimum absolute atomic E-state index is 0.413. The first-order valence-electron chi connectivity index (χ1n) is 12.4. The molecule has 4 rings (SSSR count). The minimum atomic E-state index is 0.413. The summed E-state index contributed by atoms with van der Waals surface area (Å²) in [6.45, 7) is 9.10. The second-order valence-corrected chi connectivity index (χ2v) is 9.79. The summed E-state index contributed by atoms with van der Waals surface area (Å²) in [7, 11) is 0. The molecule has 0 fully saturated rings. The number of pyridine rings is 3. The number of hydrogen-bond donors (Lipinski definition) is 0. The van der Waals surface area contributed by atoms with Crippen LogP contribution in [0, 0.1) is 0 Å². The zero-order valence-electron chi connectivity index (χ0n) is 20.7. The molecule has 0 amide bonds. The quantitative estimate of drug-likeness (QED) is 0.259. The normalized spacial score (nSPS) is 14.0. The van der Waals surface area contributed by atoms with Crippen molar-refractivity contribution in [2.24, 2.45) is 0 Å². The van der Waals surface area contributed by atoms with Crippen molar-refractivity contribution in [2.45, 2.75) is 64.2 Å². The Hall–Kier alpha value is -3.33. The second kappa shape index (κ2) is 11.2. The minimum Gasteiger partial charge on any atom is -0.265 e. The number of rotatable bonds is 9. The van der Waals surface area contributed by atoms with Crippen molar-refractivity contribution in [3.05, 3.63) is 114 Å². The molecule has 0 saturated carbocycles. The van der Waals surface area contributed by atoms with Crippen LogP contribution in [0.25, 0.3) is 11.3 Å². The highest BCUT2D eigenvalue weighted by Crippen LogP contribution is 2.37. The summed E-state index contributed by atoms with van der Waals surface area (Å²) in [5.41, 5.74) is 7.57. The average Bonchev–Trinajstić information content (AvgIpc) is 2.89. The molecule has 3 unspecified atom stereocenters.